The van der Waals surface area contributed by atoms with Gasteiger partial charge in [0.15, 0.2) is 0 Å². The van der Waals surface area contributed by atoms with Crippen LogP contribution in [0.25, 0.3) is 0 Å². The zero-order valence-electron chi connectivity index (χ0n) is 10.5. The summed E-state index contributed by atoms with van der Waals surface area (Å²) < 4.78 is 0. The van der Waals surface area contributed by atoms with Crippen LogP contribution >= 0.6 is 0 Å². The molecule has 0 spiro atoms. The predicted octanol–water partition coefficient (Wildman–Crippen LogP) is 3.70. The topological polar surface area (TPSA) is 12.0 Å². The monoisotopic (exact) mass is 217 g/mol. The molecule has 0 bridgehead atoms. The molecular weight excluding hydrogens is 194 g/mol. The van der Waals surface area contributed by atoms with Crippen LogP contribution in [0.5, 0.6) is 0 Å². The molecule has 1 unspecified atom stereocenters. The summed E-state index contributed by atoms with van der Waals surface area (Å²) >= 11 is 0. The molecule has 1 nitrogen and oxygen atoms in total. The largest absolute Gasteiger partial charge is 0.307 e. The Balaban J connectivity index is 2.34. The first-order valence-electron chi connectivity index (χ1n) is 6.60. The van der Waals surface area contributed by atoms with Crippen molar-refractivity contribution < 1.29 is 0 Å². The Bertz CT molecular complexity index is 315. The lowest BCUT2D eigenvalue weighted by Crippen LogP contribution is -2.49. The molecule has 0 aromatic heterocycles. The zero-order valence-corrected chi connectivity index (χ0v) is 10.5. The molecule has 2 atom stereocenters. The third kappa shape index (κ3) is 2.01. The lowest BCUT2D eigenvalue weighted by Gasteiger charge is -2.44. The first kappa shape index (κ1) is 11.7. The molecule has 1 aliphatic carbocycles. The average Bonchev–Trinajstić information content (AvgIpc) is 2.34. The lowest BCUT2D eigenvalue weighted by molar-refractivity contribution is 0.157. The van der Waals surface area contributed by atoms with Gasteiger partial charge in [-0.05, 0) is 30.9 Å². The highest BCUT2D eigenvalue weighted by Crippen LogP contribution is 2.41. The molecule has 1 aromatic carbocycles. The van der Waals surface area contributed by atoms with Gasteiger partial charge in [-0.2, -0.15) is 0 Å². The van der Waals surface area contributed by atoms with Crippen LogP contribution < -0.4 is 5.32 Å². The fourth-order valence-corrected chi connectivity index (χ4v) is 3.19. The number of nitrogens with one attached hydrogen (secondary N) is 1. The summed E-state index contributed by atoms with van der Waals surface area (Å²) in [5.41, 5.74) is 1.71. The minimum atomic E-state index is 0.230. The smallest absolute Gasteiger partial charge is 0.0460 e. The van der Waals surface area contributed by atoms with Crippen molar-refractivity contribution in [2.75, 3.05) is 6.54 Å². The van der Waals surface area contributed by atoms with Gasteiger partial charge in [0.25, 0.3) is 0 Å². The van der Waals surface area contributed by atoms with E-state index in [1.54, 1.807) is 0 Å². The van der Waals surface area contributed by atoms with Crippen LogP contribution in [0.1, 0.15) is 45.1 Å². The molecule has 0 saturated heterocycles. The summed E-state index contributed by atoms with van der Waals surface area (Å²) in [6.45, 7) is 5.67. The number of rotatable bonds is 3. The summed E-state index contributed by atoms with van der Waals surface area (Å²) in [6.07, 6.45) is 5.38. The van der Waals surface area contributed by atoms with E-state index in [1.807, 2.05) is 0 Å². The quantitative estimate of drug-likeness (QED) is 0.814. The van der Waals surface area contributed by atoms with Crippen LogP contribution in [-0.2, 0) is 5.54 Å². The van der Waals surface area contributed by atoms with Gasteiger partial charge in [-0.3, -0.25) is 0 Å². The Morgan fingerprint density at radius 3 is 2.62 bits per heavy atom. The van der Waals surface area contributed by atoms with Gasteiger partial charge in [-0.1, -0.05) is 57.0 Å². The van der Waals surface area contributed by atoms with Crippen LogP contribution in [0.4, 0.5) is 0 Å². The second-order valence-electron chi connectivity index (χ2n) is 5.01. The molecule has 0 aliphatic heterocycles. The van der Waals surface area contributed by atoms with Crippen molar-refractivity contribution in [1.29, 1.82) is 0 Å². The third-order valence-corrected chi connectivity index (χ3v) is 4.08. The minimum Gasteiger partial charge on any atom is -0.307 e. The van der Waals surface area contributed by atoms with Crippen LogP contribution in [-0.4, -0.2) is 6.54 Å². The van der Waals surface area contributed by atoms with Gasteiger partial charge in [-0.15, -0.1) is 0 Å². The molecule has 1 fully saturated rings. The van der Waals surface area contributed by atoms with Crippen LogP contribution in [0.2, 0.25) is 0 Å². The maximum absolute atomic E-state index is 3.76. The van der Waals surface area contributed by atoms with Crippen molar-refractivity contribution in [3.05, 3.63) is 35.9 Å². The van der Waals surface area contributed by atoms with Crippen LogP contribution in [0.3, 0.4) is 0 Å². The van der Waals surface area contributed by atoms with Crippen molar-refractivity contribution in [2.24, 2.45) is 5.92 Å². The van der Waals surface area contributed by atoms with E-state index < -0.39 is 0 Å². The van der Waals surface area contributed by atoms with Gasteiger partial charge in [0.05, 0.1) is 0 Å². The molecule has 16 heavy (non-hydrogen) atoms. The van der Waals surface area contributed by atoms with E-state index in [1.165, 1.54) is 31.2 Å². The second kappa shape index (κ2) is 5.01. The van der Waals surface area contributed by atoms with Crippen molar-refractivity contribution in [2.45, 2.75) is 45.1 Å². The Morgan fingerprint density at radius 2 is 2.00 bits per heavy atom. The molecule has 1 aromatic rings. The van der Waals surface area contributed by atoms with E-state index >= 15 is 0 Å². The molecule has 88 valence electrons. The average molecular weight is 217 g/mol. The van der Waals surface area contributed by atoms with Crippen molar-refractivity contribution >= 4 is 0 Å². The highest BCUT2D eigenvalue weighted by Gasteiger charge is 2.38. The molecular formula is C15H23N. The van der Waals surface area contributed by atoms with Crippen LogP contribution in [0.15, 0.2) is 30.3 Å². The van der Waals surface area contributed by atoms with Gasteiger partial charge in [0.1, 0.15) is 0 Å². The van der Waals surface area contributed by atoms with E-state index in [2.05, 4.69) is 49.5 Å². The number of benzene rings is 1. The maximum Gasteiger partial charge on any atom is 0.0460 e. The Morgan fingerprint density at radius 1 is 1.25 bits per heavy atom. The van der Waals surface area contributed by atoms with E-state index in [4.69, 9.17) is 0 Å². The van der Waals surface area contributed by atoms with Crippen molar-refractivity contribution in [3.8, 4) is 0 Å². The van der Waals surface area contributed by atoms with Gasteiger partial charge in [0.2, 0.25) is 0 Å². The molecule has 1 N–H and O–H groups in total. The van der Waals surface area contributed by atoms with Gasteiger partial charge in [-0.25, -0.2) is 0 Å². The van der Waals surface area contributed by atoms with E-state index in [9.17, 15) is 0 Å². The van der Waals surface area contributed by atoms with E-state index in [0.29, 0.717) is 0 Å². The highest BCUT2D eigenvalue weighted by molar-refractivity contribution is 5.26. The first-order valence-corrected chi connectivity index (χ1v) is 6.60. The normalized spacial score (nSPS) is 30.2. The van der Waals surface area contributed by atoms with Gasteiger partial charge in [0, 0.05) is 5.54 Å². The fourth-order valence-electron chi connectivity index (χ4n) is 3.19. The van der Waals surface area contributed by atoms with Crippen molar-refractivity contribution in [3.63, 3.8) is 0 Å². The van der Waals surface area contributed by atoms with Gasteiger partial charge >= 0.3 is 0 Å². The maximum atomic E-state index is 3.76. The first-order chi connectivity index (χ1) is 7.79. The van der Waals surface area contributed by atoms with Gasteiger partial charge < -0.3 is 5.32 Å². The molecule has 0 heterocycles. The van der Waals surface area contributed by atoms with Crippen LogP contribution in [0, 0.1) is 5.92 Å². The number of hydrogen-bond acceptors (Lipinski definition) is 1. The molecule has 0 amide bonds. The standard InChI is InChI=1S/C15H23N/c1-3-16-15(12-8-7-9-13(15)2)14-10-5-4-6-11-14/h4-6,10-11,13,16H,3,7-9,12H2,1-2H3/t13?,15-/m1/s1. The summed E-state index contributed by atoms with van der Waals surface area (Å²) in [5.74, 6) is 0.739. The summed E-state index contributed by atoms with van der Waals surface area (Å²) in [5, 5.41) is 3.76. The molecule has 1 saturated carbocycles. The van der Waals surface area contributed by atoms with E-state index in [0.717, 1.165) is 12.5 Å². The second-order valence-corrected chi connectivity index (χ2v) is 5.01. The molecule has 2 rings (SSSR count). The highest BCUT2D eigenvalue weighted by atomic mass is 15.0. The Labute approximate surface area is 99.3 Å². The third-order valence-electron chi connectivity index (χ3n) is 4.08. The molecule has 1 heteroatoms. The predicted molar refractivity (Wildman–Crippen MR) is 69.4 cm³/mol. The summed E-state index contributed by atoms with van der Waals surface area (Å²) in [4.78, 5) is 0. The number of hydrogen-bond donors (Lipinski definition) is 1. The summed E-state index contributed by atoms with van der Waals surface area (Å²) in [7, 11) is 0. The van der Waals surface area contributed by atoms with E-state index in [-0.39, 0.29) is 5.54 Å². The minimum absolute atomic E-state index is 0.230. The summed E-state index contributed by atoms with van der Waals surface area (Å²) in [6, 6.07) is 11.0. The zero-order chi connectivity index (χ0) is 11.4. The Kier molecular flexibility index (Phi) is 3.65. The molecule has 0 radical (unpaired) electrons. The lowest BCUT2D eigenvalue weighted by atomic mass is 9.69. The fraction of sp³-hybridized carbons (Fsp3) is 0.600. The Hall–Kier alpha value is -0.820. The SMILES string of the molecule is CCN[C@]1(c2ccccc2)CCCCC1C. The molecule has 1 aliphatic rings. The van der Waals surface area contributed by atoms with Crippen molar-refractivity contribution in [1.82, 2.24) is 5.32 Å².